The number of pyridine rings is 2. The molecule has 0 bridgehead atoms. The van der Waals surface area contributed by atoms with Gasteiger partial charge in [-0.05, 0) is 31.2 Å². The topological polar surface area (TPSA) is 95.9 Å². The van der Waals surface area contributed by atoms with Gasteiger partial charge in [-0.2, -0.15) is 0 Å². The van der Waals surface area contributed by atoms with E-state index in [2.05, 4.69) is 15.3 Å². The monoisotopic (exact) mass is 503 g/mol. The Balaban J connectivity index is 1.46. The van der Waals surface area contributed by atoms with Gasteiger partial charge in [-0.25, -0.2) is 19.3 Å². The molecule has 1 aliphatic rings. The summed E-state index contributed by atoms with van der Waals surface area (Å²) in [6, 6.07) is 11.3. The van der Waals surface area contributed by atoms with Crippen LogP contribution in [0.1, 0.15) is 6.42 Å². The van der Waals surface area contributed by atoms with Gasteiger partial charge in [-0.15, -0.1) is 0 Å². The predicted molar refractivity (Wildman–Crippen MR) is 136 cm³/mol. The number of fused-ring (bicyclic) bond motifs is 2. The van der Waals surface area contributed by atoms with Crippen molar-refractivity contribution in [2.75, 3.05) is 33.4 Å². The maximum absolute atomic E-state index is 14.6. The smallest absolute Gasteiger partial charge is 0.181 e. The molecule has 2 unspecified atom stereocenters. The van der Waals surface area contributed by atoms with Gasteiger partial charge in [0, 0.05) is 36.9 Å². The summed E-state index contributed by atoms with van der Waals surface area (Å²) >= 11 is 0. The van der Waals surface area contributed by atoms with Gasteiger partial charge in [0.15, 0.2) is 12.2 Å². The second-order valence-corrected chi connectivity index (χ2v) is 8.81. The van der Waals surface area contributed by atoms with Crippen LogP contribution in [0.4, 0.5) is 4.39 Å². The number of methoxy groups -OCH3 is 1. The van der Waals surface area contributed by atoms with Crippen LogP contribution in [0.5, 0.6) is 11.5 Å². The molecule has 37 heavy (non-hydrogen) atoms. The number of nitrogens with one attached hydrogen (secondary N) is 1. The van der Waals surface area contributed by atoms with Gasteiger partial charge in [0.1, 0.15) is 41.5 Å². The lowest BCUT2D eigenvalue weighted by Gasteiger charge is -2.27. The zero-order chi connectivity index (χ0) is 25.2. The summed E-state index contributed by atoms with van der Waals surface area (Å²) in [4.78, 5) is 13.6. The number of hydrogen-bond donors (Lipinski definition) is 1. The Labute approximate surface area is 212 Å². The number of ether oxygens (including phenoxy) is 3. The molecule has 1 aromatic carbocycles. The minimum absolute atomic E-state index is 0.274. The molecule has 1 fully saturated rings. The largest absolute Gasteiger partial charge is 0.491 e. The quantitative estimate of drug-likeness (QED) is 0.313. The lowest BCUT2D eigenvalue weighted by molar-refractivity contribution is 0.0743. The molecule has 4 aromatic heterocycles. The van der Waals surface area contributed by atoms with Crippen molar-refractivity contribution in [3.05, 3.63) is 61.4 Å². The van der Waals surface area contributed by atoms with Crippen LogP contribution < -0.4 is 14.8 Å². The van der Waals surface area contributed by atoms with Crippen molar-refractivity contribution >= 4 is 16.6 Å². The molecule has 1 N–H and O–H groups in total. The number of oxazole rings is 1. The van der Waals surface area contributed by atoms with Crippen molar-refractivity contribution in [3.8, 4) is 34.2 Å². The van der Waals surface area contributed by atoms with E-state index in [1.54, 1.807) is 19.5 Å². The van der Waals surface area contributed by atoms with Crippen LogP contribution in [0.25, 0.3) is 39.3 Å². The Bertz CT molecular complexity index is 1520. The van der Waals surface area contributed by atoms with Crippen LogP contribution in [-0.2, 0) is 4.74 Å². The molecule has 1 saturated heterocycles. The lowest BCUT2D eigenvalue weighted by atomic mass is 10.0. The first-order valence-corrected chi connectivity index (χ1v) is 12.1. The van der Waals surface area contributed by atoms with Crippen molar-refractivity contribution in [3.63, 3.8) is 0 Å². The average molecular weight is 504 g/mol. The van der Waals surface area contributed by atoms with Crippen molar-refractivity contribution in [2.24, 2.45) is 0 Å². The van der Waals surface area contributed by atoms with Crippen molar-refractivity contribution in [1.82, 2.24) is 24.7 Å². The number of hydrogen-bond acceptors (Lipinski definition) is 8. The van der Waals surface area contributed by atoms with Gasteiger partial charge in [0.2, 0.25) is 0 Å². The molecule has 10 heteroatoms. The molecule has 6 rings (SSSR count). The number of nitrogens with zero attached hydrogens (tertiary/aromatic N) is 4. The Morgan fingerprint density at radius 2 is 2.14 bits per heavy atom. The third-order valence-corrected chi connectivity index (χ3v) is 6.43. The Kier molecular flexibility index (Phi) is 6.42. The van der Waals surface area contributed by atoms with Crippen LogP contribution in [0.15, 0.2) is 65.8 Å². The van der Waals surface area contributed by atoms with E-state index in [0.29, 0.717) is 60.3 Å². The molecule has 190 valence electrons. The highest BCUT2D eigenvalue weighted by molar-refractivity contribution is 5.98. The van der Waals surface area contributed by atoms with E-state index in [1.165, 1.54) is 6.39 Å². The SMILES string of the molecule is COCCOc1ccn2c(-c3cc(-c4cnco4)c4cccc(OC5CCNCC5F)c4n3)cnc2c1. The molecular weight excluding hydrogens is 477 g/mol. The minimum atomic E-state index is -1.10. The molecule has 0 radical (unpaired) electrons. The molecule has 1 aliphatic heterocycles. The third-order valence-electron chi connectivity index (χ3n) is 6.43. The van der Waals surface area contributed by atoms with Gasteiger partial charge < -0.3 is 23.9 Å². The lowest BCUT2D eigenvalue weighted by Crippen LogP contribution is -2.44. The summed E-state index contributed by atoms with van der Waals surface area (Å²) < 4.78 is 39.2. The molecule has 9 nitrogen and oxygen atoms in total. The molecule has 2 atom stereocenters. The standard InChI is InChI=1S/C27H26FN5O4/c1-34-9-10-35-17-6-8-33-22(14-31-26(33)11-17)21-12-19(25-15-30-16-36-25)18-3-2-4-24(27(18)32-21)37-23-5-7-29-13-20(23)28/h2-4,6,8,11-12,14-16,20,23,29H,5,7,9-10,13H2,1H3. The van der Waals surface area contributed by atoms with Crippen LogP contribution in [-0.4, -0.2) is 65.0 Å². The highest BCUT2D eigenvalue weighted by Gasteiger charge is 2.27. The van der Waals surface area contributed by atoms with E-state index >= 15 is 0 Å². The fourth-order valence-electron chi connectivity index (χ4n) is 4.58. The number of imidazole rings is 1. The molecule has 0 saturated carbocycles. The van der Waals surface area contributed by atoms with Gasteiger partial charge >= 0.3 is 0 Å². The van der Waals surface area contributed by atoms with E-state index < -0.39 is 12.3 Å². The normalized spacial score (nSPS) is 17.9. The molecule has 5 heterocycles. The van der Waals surface area contributed by atoms with Crippen molar-refractivity contribution in [1.29, 1.82) is 0 Å². The maximum atomic E-state index is 14.6. The summed E-state index contributed by atoms with van der Waals surface area (Å²) in [5.74, 6) is 1.82. The second kappa shape index (κ2) is 10.2. The Morgan fingerprint density at radius 3 is 2.97 bits per heavy atom. The number of alkyl halides is 1. The summed E-state index contributed by atoms with van der Waals surface area (Å²) in [7, 11) is 1.63. The number of halogens is 1. The van der Waals surface area contributed by atoms with Crippen LogP contribution in [0.2, 0.25) is 0 Å². The molecular formula is C27H26FN5O4. The molecule has 5 aromatic rings. The minimum Gasteiger partial charge on any atom is -0.491 e. The van der Waals surface area contributed by atoms with Gasteiger partial charge in [0.25, 0.3) is 0 Å². The second-order valence-electron chi connectivity index (χ2n) is 8.81. The van der Waals surface area contributed by atoms with Crippen LogP contribution in [0, 0.1) is 0 Å². The summed E-state index contributed by atoms with van der Waals surface area (Å²) in [5.41, 5.74) is 3.58. The zero-order valence-electron chi connectivity index (χ0n) is 20.3. The molecule has 0 spiro atoms. The van der Waals surface area contributed by atoms with Crippen LogP contribution >= 0.6 is 0 Å². The summed E-state index contributed by atoms with van der Waals surface area (Å²) in [6.07, 6.45) is 5.65. The fraction of sp³-hybridized carbons (Fsp3) is 0.296. The molecule has 0 aliphatic carbocycles. The predicted octanol–water partition coefficient (Wildman–Crippen LogP) is 4.31. The highest BCUT2D eigenvalue weighted by Crippen LogP contribution is 2.37. The maximum Gasteiger partial charge on any atom is 0.181 e. The fourth-order valence-corrected chi connectivity index (χ4v) is 4.58. The van der Waals surface area contributed by atoms with E-state index in [-0.39, 0.29) is 6.54 Å². The average Bonchev–Trinajstić information content (AvgIpc) is 3.60. The number of benzene rings is 1. The zero-order valence-corrected chi connectivity index (χ0v) is 20.3. The Morgan fingerprint density at radius 1 is 1.19 bits per heavy atom. The van der Waals surface area contributed by atoms with Gasteiger partial charge in [-0.1, -0.05) is 12.1 Å². The highest BCUT2D eigenvalue weighted by atomic mass is 19.1. The third kappa shape index (κ3) is 4.61. The summed E-state index contributed by atoms with van der Waals surface area (Å²) in [5, 5.41) is 3.89. The van der Waals surface area contributed by atoms with Crippen molar-refractivity contribution < 1.29 is 23.0 Å². The number of rotatable bonds is 8. The van der Waals surface area contributed by atoms with Crippen LogP contribution in [0.3, 0.4) is 0 Å². The summed E-state index contributed by atoms with van der Waals surface area (Å²) in [6.45, 7) is 1.93. The number of aromatic nitrogens is 4. The van der Waals surface area contributed by atoms with Gasteiger partial charge in [0.05, 0.1) is 30.4 Å². The number of piperidine rings is 1. The van der Waals surface area contributed by atoms with Gasteiger partial charge in [-0.3, -0.25) is 4.40 Å². The van der Waals surface area contributed by atoms with Crippen molar-refractivity contribution in [2.45, 2.75) is 18.7 Å². The van der Waals surface area contributed by atoms with E-state index in [4.69, 9.17) is 23.6 Å². The first-order chi connectivity index (χ1) is 18.2. The van der Waals surface area contributed by atoms with E-state index in [1.807, 2.05) is 47.0 Å². The first kappa shape index (κ1) is 23.4. The van der Waals surface area contributed by atoms with E-state index in [0.717, 1.165) is 16.6 Å². The number of para-hydroxylation sites is 1. The Hall–Kier alpha value is -4.02. The molecule has 0 amide bonds. The van der Waals surface area contributed by atoms with E-state index in [9.17, 15) is 4.39 Å². The first-order valence-electron chi connectivity index (χ1n) is 12.1.